The molecule has 0 bridgehead atoms. The molecule has 1 aromatic carbocycles. The minimum Gasteiger partial charge on any atom is -0.298 e. The molecule has 0 unspecified atom stereocenters. The first-order chi connectivity index (χ1) is 6.79. The average molecular weight is 190 g/mol. The van der Waals surface area contributed by atoms with Gasteiger partial charge in [0.05, 0.1) is 5.69 Å². The molecule has 1 aromatic rings. The Bertz CT molecular complexity index is 376. The molecular weight excluding hydrogens is 180 g/mol. The summed E-state index contributed by atoms with van der Waals surface area (Å²) in [6, 6.07) is 7.13. The summed E-state index contributed by atoms with van der Waals surface area (Å²) in [5, 5.41) is 1.75. The third-order valence-electron chi connectivity index (χ3n) is 2.14. The SMILES string of the molecule is O=Cc1cccc(N2CCC(=O)N2)c1. The maximum Gasteiger partial charge on any atom is 0.240 e. The van der Waals surface area contributed by atoms with Gasteiger partial charge in [0, 0.05) is 18.5 Å². The number of benzene rings is 1. The van der Waals surface area contributed by atoms with E-state index >= 15 is 0 Å². The number of carbonyl (C=O) groups is 2. The van der Waals surface area contributed by atoms with Crippen LogP contribution in [0.3, 0.4) is 0 Å². The van der Waals surface area contributed by atoms with Gasteiger partial charge in [-0.1, -0.05) is 12.1 Å². The second-order valence-electron chi connectivity index (χ2n) is 3.15. The van der Waals surface area contributed by atoms with Gasteiger partial charge in [-0.2, -0.15) is 0 Å². The molecule has 2 rings (SSSR count). The van der Waals surface area contributed by atoms with E-state index in [0.29, 0.717) is 18.5 Å². The summed E-state index contributed by atoms with van der Waals surface area (Å²) >= 11 is 0. The van der Waals surface area contributed by atoms with Crippen molar-refractivity contribution < 1.29 is 9.59 Å². The smallest absolute Gasteiger partial charge is 0.240 e. The van der Waals surface area contributed by atoms with Crippen LogP contribution < -0.4 is 10.4 Å². The third-order valence-corrected chi connectivity index (χ3v) is 2.14. The molecule has 1 aliphatic heterocycles. The molecule has 1 heterocycles. The van der Waals surface area contributed by atoms with E-state index < -0.39 is 0 Å². The molecule has 0 aliphatic carbocycles. The second kappa shape index (κ2) is 3.49. The summed E-state index contributed by atoms with van der Waals surface area (Å²) < 4.78 is 0. The number of hydrazine groups is 1. The van der Waals surface area contributed by atoms with Gasteiger partial charge >= 0.3 is 0 Å². The number of nitrogens with one attached hydrogen (secondary N) is 1. The zero-order valence-electron chi connectivity index (χ0n) is 7.56. The maximum atomic E-state index is 11.0. The predicted molar refractivity (Wildman–Crippen MR) is 51.9 cm³/mol. The van der Waals surface area contributed by atoms with Gasteiger partial charge in [0.15, 0.2) is 0 Å². The fourth-order valence-corrected chi connectivity index (χ4v) is 1.44. The highest BCUT2D eigenvalue weighted by molar-refractivity contribution is 5.82. The number of aldehydes is 1. The van der Waals surface area contributed by atoms with Crippen LogP contribution in [-0.2, 0) is 4.79 Å². The Labute approximate surface area is 81.5 Å². The largest absolute Gasteiger partial charge is 0.298 e. The normalized spacial score (nSPS) is 15.4. The lowest BCUT2D eigenvalue weighted by Crippen LogP contribution is -2.32. The van der Waals surface area contributed by atoms with Gasteiger partial charge in [-0.15, -0.1) is 0 Å². The van der Waals surface area contributed by atoms with E-state index in [-0.39, 0.29) is 5.91 Å². The molecule has 0 saturated carbocycles. The highest BCUT2D eigenvalue weighted by Crippen LogP contribution is 2.16. The van der Waals surface area contributed by atoms with Gasteiger partial charge in [0.1, 0.15) is 6.29 Å². The first-order valence-corrected chi connectivity index (χ1v) is 4.42. The molecule has 0 atom stereocenters. The van der Waals surface area contributed by atoms with Crippen molar-refractivity contribution in [2.24, 2.45) is 0 Å². The molecule has 4 heteroatoms. The maximum absolute atomic E-state index is 11.0. The van der Waals surface area contributed by atoms with Crippen LogP contribution in [0.2, 0.25) is 0 Å². The Hall–Kier alpha value is -1.84. The van der Waals surface area contributed by atoms with Gasteiger partial charge in [-0.3, -0.25) is 20.0 Å². The van der Waals surface area contributed by atoms with Crippen molar-refractivity contribution in [3.63, 3.8) is 0 Å². The van der Waals surface area contributed by atoms with Crippen molar-refractivity contribution in [3.8, 4) is 0 Å². The molecule has 72 valence electrons. The lowest BCUT2D eigenvalue weighted by molar-refractivity contribution is -0.119. The standard InChI is InChI=1S/C10H10N2O2/c13-7-8-2-1-3-9(6-8)12-5-4-10(14)11-12/h1-3,6-7H,4-5H2,(H,11,14). The first kappa shape index (κ1) is 8.74. The molecule has 14 heavy (non-hydrogen) atoms. The van der Waals surface area contributed by atoms with Crippen LogP contribution >= 0.6 is 0 Å². The van der Waals surface area contributed by atoms with Gasteiger partial charge in [0.2, 0.25) is 5.91 Å². The zero-order chi connectivity index (χ0) is 9.97. The van der Waals surface area contributed by atoms with Crippen LogP contribution in [0.25, 0.3) is 0 Å². The number of hydrogen-bond acceptors (Lipinski definition) is 3. The molecule has 1 fully saturated rings. The second-order valence-corrected chi connectivity index (χ2v) is 3.15. The van der Waals surface area contributed by atoms with E-state index in [1.807, 2.05) is 6.07 Å². The van der Waals surface area contributed by atoms with E-state index in [9.17, 15) is 9.59 Å². The zero-order valence-corrected chi connectivity index (χ0v) is 7.56. The molecular formula is C10H10N2O2. The van der Waals surface area contributed by atoms with Gasteiger partial charge in [0.25, 0.3) is 0 Å². The summed E-state index contributed by atoms with van der Waals surface area (Å²) in [5.74, 6) is 0.0153. The Morgan fingerprint density at radius 2 is 2.29 bits per heavy atom. The average Bonchev–Trinajstić information content (AvgIpc) is 2.65. The van der Waals surface area contributed by atoms with Crippen molar-refractivity contribution in [2.45, 2.75) is 6.42 Å². The minimum atomic E-state index is 0.0153. The van der Waals surface area contributed by atoms with E-state index in [1.54, 1.807) is 23.2 Å². The molecule has 1 amide bonds. The van der Waals surface area contributed by atoms with E-state index in [2.05, 4.69) is 5.43 Å². The number of carbonyl (C=O) groups excluding carboxylic acids is 2. The lowest BCUT2D eigenvalue weighted by Gasteiger charge is -2.17. The van der Waals surface area contributed by atoms with Crippen LogP contribution in [0, 0.1) is 0 Å². The van der Waals surface area contributed by atoms with Crippen molar-refractivity contribution in [3.05, 3.63) is 29.8 Å². The van der Waals surface area contributed by atoms with Crippen molar-refractivity contribution in [2.75, 3.05) is 11.6 Å². The topological polar surface area (TPSA) is 49.4 Å². The Morgan fingerprint density at radius 3 is 2.93 bits per heavy atom. The van der Waals surface area contributed by atoms with Crippen molar-refractivity contribution in [1.82, 2.24) is 5.43 Å². The van der Waals surface area contributed by atoms with Crippen molar-refractivity contribution in [1.29, 1.82) is 0 Å². The highest BCUT2D eigenvalue weighted by atomic mass is 16.2. The van der Waals surface area contributed by atoms with Crippen LogP contribution in [0.1, 0.15) is 16.8 Å². The summed E-state index contributed by atoms with van der Waals surface area (Å²) in [6.07, 6.45) is 1.30. The molecule has 1 saturated heterocycles. The first-order valence-electron chi connectivity index (χ1n) is 4.42. The van der Waals surface area contributed by atoms with Crippen LogP contribution in [-0.4, -0.2) is 18.7 Å². The van der Waals surface area contributed by atoms with E-state index in [0.717, 1.165) is 12.0 Å². The van der Waals surface area contributed by atoms with E-state index in [4.69, 9.17) is 0 Å². The van der Waals surface area contributed by atoms with Crippen molar-refractivity contribution >= 4 is 17.9 Å². The molecule has 0 radical (unpaired) electrons. The quantitative estimate of drug-likeness (QED) is 0.700. The molecule has 1 aliphatic rings. The number of amides is 1. The molecule has 0 aromatic heterocycles. The lowest BCUT2D eigenvalue weighted by atomic mass is 10.2. The molecule has 0 spiro atoms. The molecule has 4 nitrogen and oxygen atoms in total. The van der Waals surface area contributed by atoms with E-state index in [1.165, 1.54) is 0 Å². The summed E-state index contributed by atoms with van der Waals surface area (Å²) in [4.78, 5) is 21.5. The minimum absolute atomic E-state index is 0.0153. The monoisotopic (exact) mass is 190 g/mol. The third kappa shape index (κ3) is 1.59. The van der Waals surface area contributed by atoms with Gasteiger partial charge in [-0.05, 0) is 12.1 Å². The predicted octanol–water partition coefficient (Wildman–Crippen LogP) is 0.740. The van der Waals surface area contributed by atoms with Gasteiger partial charge in [-0.25, -0.2) is 0 Å². The fraction of sp³-hybridized carbons (Fsp3) is 0.200. The van der Waals surface area contributed by atoms with Crippen LogP contribution in [0.15, 0.2) is 24.3 Å². The number of hydrogen-bond donors (Lipinski definition) is 1. The number of rotatable bonds is 2. The molecule has 1 N–H and O–H groups in total. The van der Waals surface area contributed by atoms with Gasteiger partial charge < -0.3 is 0 Å². The summed E-state index contributed by atoms with van der Waals surface area (Å²) in [7, 11) is 0. The summed E-state index contributed by atoms with van der Waals surface area (Å²) in [5.41, 5.74) is 4.16. The van der Waals surface area contributed by atoms with Crippen LogP contribution in [0.4, 0.5) is 5.69 Å². The number of nitrogens with zero attached hydrogens (tertiary/aromatic N) is 1. The Kier molecular flexibility index (Phi) is 2.18. The summed E-state index contributed by atoms with van der Waals surface area (Å²) in [6.45, 7) is 0.654. The van der Waals surface area contributed by atoms with Crippen LogP contribution in [0.5, 0.6) is 0 Å². The highest BCUT2D eigenvalue weighted by Gasteiger charge is 2.18. The fourth-order valence-electron chi connectivity index (χ4n) is 1.44. The Morgan fingerprint density at radius 1 is 1.43 bits per heavy atom. The number of anilines is 1. The Balaban J connectivity index is 2.23.